The van der Waals surface area contributed by atoms with Gasteiger partial charge in [-0.3, -0.25) is 0 Å². The Morgan fingerprint density at radius 2 is 1.93 bits per heavy atom. The van der Waals surface area contributed by atoms with Gasteiger partial charge in [-0.25, -0.2) is 0 Å². The van der Waals surface area contributed by atoms with E-state index in [1.807, 2.05) is 6.92 Å². The first-order valence-electron chi connectivity index (χ1n) is 5.10. The Morgan fingerprint density at radius 3 is 2.67 bits per heavy atom. The summed E-state index contributed by atoms with van der Waals surface area (Å²) >= 11 is 0. The summed E-state index contributed by atoms with van der Waals surface area (Å²) in [6.45, 7) is 2.61. The van der Waals surface area contributed by atoms with Crippen molar-refractivity contribution in [2.75, 3.05) is 13.2 Å². The first-order chi connectivity index (χ1) is 7.09. The van der Waals surface area contributed by atoms with Gasteiger partial charge in [0, 0.05) is 0 Å². The fourth-order valence-electron chi connectivity index (χ4n) is 1.91. The van der Waals surface area contributed by atoms with E-state index in [1.165, 1.54) is 0 Å². The summed E-state index contributed by atoms with van der Waals surface area (Å²) in [5, 5.41) is 19.3. The predicted molar refractivity (Wildman–Crippen MR) is 50.0 cm³/mol. The third-order valence-electron chi connectivity index (χ3n) is 2.76. The topological polar surface area (TPSA) is 94.2 Å². The molecule has 2 saturated heterocycles. The SMILES string of the molecule is CC1COC[C@H]2O[C@@H](O)[C@H](N)[C@@H](O)[C@@H]2O1. The maximum Gasteiger partial charge on any atom is 0.173 e. The van der Waals surface area contributed by atoms with Crippen molar-refractivity contribution in [1.82, 2.24) is 0 Å². The van der Waals surface area contributed by atoms with Crippen molar-refractivity contribution in [3.63, 3.8) is 0 Å². The average molecular weight is 219 g/mol. The van der Waals surface area contributed by atoms with Crippen molar-refractivity contribution >= 4 is 0 Å². The standard InChI is InChI=1S/C9H17NO5/c1-4-2-13-3-5-8(14-4)7(11)6(10)9(12)15-5/h4-9,11-12H,2-3,10H2,1H3/t4?,5-,6-,7-,8-,9-/m1/s1. The Bertz CT molecular complexity index is 227. The zero-order chi connectivity index (χ0) is 11.0. The van der Waals surface area contributed by atoms with E-state index in [9.17, 15) is 10.2 Å². The lowest BCUT2D eigenvalue weighted by Crippen LogP contribution is -2.62. The summed E-state index contributed by atoms with van der Waals surface area (Å²) in [5.41, 5.74) is 5.58. The van der Waals surface area contributed by atoms with Crippen molar-refractivity contribution in [2.45, 2.75) is 43.7 Å². The highest BCUT2D eigenvalue weighted by Gasteiger charge is 2.45. The highest BCUT2D eigenvalue weighted by molar-refractivity contribution is 4.93. The van der Waals surface area contributed by atoms with Gasteiger partial charge in [0.15, 0.2) is 6.29 Å². The molecule has 6 nitrogen and oxygen atoms in total. The number of fused-ring (bicyclic) bond motifs is 1. The van der Waals surface area contributed by atoms with E-state index in [0.717, 1.165) is 0 Å². The van der Waals surface area contributed by atoms with Crippen molar-refractivity contribution in [2.24, 2.45) is 5.73 Å². The summed E-state index contributed by atoms with van der Waals surface area (Å²) in [4.78, 5) is 0. The molecule has 4 N–H and O–H groups in total. The molecule has 0 bridgehead atoms. The van der Waals surface area contributed by atoms with Crippen LogP contribution in [-0.2, 0) is 14.2 Å². The van der Waals surface area contributed by atoms with E-state index in [-0.39, 0.29) is 6.10 Å². The van der Waals surface area contributed by atoms with Crippen LogP contribution in [0, 0.1) is 0 Å². The predicted octanol–water partition coefficient (Wildman–Crippen LogP) is -1.80. The molecule has 2 aliphatic rings. The molecule has 88 valence electrons. The van der Waals surface area contributed by atoms with Crippen LogP contribution in [0.5, 0.6) is 0 Å². The second-order valence-corrected chi connectivity index (χ2v) is 4.08. The summed E-state index contributed by atoms with van der Waals surface area (Å²) in [6.07, 6.45) is -3.19. The normalized spacial score (nSPS) is 52.0. The summed E-state index contributed by atoms with van der Waals surface area (Å²) in [5.74, 6) is 0. The Balaban J connectivity index is 2.11. The Labute approximate surface area is 87.9 Å². The first kappa shape index (κ1) is 11.3. The van der Waals surface area contributed by atoms with Crippen molar-refractivity contribution in [1.29, 1.82) is 0 Å². The number of hydrogen-bond acceptors (Lipinski definition) is 6. The van der Waals surface area contributed by atoms with Gasteiger partial charge in [0.25, 0.3) is 0 Å². The molecule has 1 unspecified atom stereocenters. The molecule has 0 amide bonds. The molecular weight excluding hydrogens is 202 g/mol. The lowest BCUT2D eigenvalue weighted by molar-refractivity contribution is -0.254. The molecule has 6 heteroatoms. The molecule has 0 aromatic rings. The first-order valence-corrected chi connectivity index (χ1v) is 5.10. The molecule has 0 saturated carbocycles. The molecular formula is C9H17NO5. The van der Waals surface area contributed by atoms with Gasteiger partial charge in [-0.2, -0.15) is 0 Å². The fraction of sp³-hybridized carbons (Fsp3) is 1.00. The largest absolute Gasteiger partial charge is 0.388 e. The van der Waals surface area contributed by atoms with Gasteiger partial charge in [-0.05, 0) is 6.92 Å². The third-order valence-corrected chi connectivity index (χ3v) is 2.76. The van der Waals surface area contributed by atoms with Crippen LogP contribution in [0.2, 0.25) is 0 Å². The smallest absolute Gasteiger partial charge is 0.173 e. The maximum atomic E-state index is 9.84. The van der Waals surface area contributed by atoms with Crippen LogP contribution in [-0.4, -0.2) is 60.2 Å². The van der Waals surface area contributed by atoms with Crippen LogP contribution >= 0.6 is 0 Å². The fourth-order valence-corrected chi connectivity index (χ4v) is 1.91. The summed E-state index contributed by atoms with van der Waals surface area (Å²) in [6, 6.07) is -0.837. The van der Waals surface area contributed by atoms with E-state index in [4.69, 9.17) is 19.9 Å². The van der Waals surface area contributed by atoms with Crippen molar-refractivity contribution < 1.29 is 24.4 Å². The number of rotatable bonds is 0. The second-order valence-electron chi connectivity index (χ2n) is 4.08. The number of aliphatic hydroxyl groups is 2. The Morgan fingerprint density at radius 1 is 1.20 bits per heavy atom. The number of aliphatic hydroxyl groups excluding tert-OH is 2. The quantitative estimate of drug-likeness (QED) is 0.445. The Hall–Kier alpha value is -0.240. The molecule has 0 aromatic carbocycles. The molecule has 6 atom stereocenters. The average Bonchev–Trinajstić information content (AvgIpc) is 2.37. The minimum atomic E-state index is -1.16. The second kappa shape index (κ2) is 4.32. The van der Waals surface area contributed by atoms with E-state index in [0.29, 0.717) is 13.2 Å². The number of ether oxygens (including phenoxy) is 3. The molecule has 0 aromatic heterocycles. The Kier molecular flexibility index (Phi) is 3.24. The van der Waals surface area contributed by atoms with Gasteiger partial charge >= 0.3 is 0 Å². The molecule has 0 radical (unpaired) electrons. The zero-order valence-corrected chi connectivity index (χ0v) is 8.57. The maximum absolute atomic E-state index is 9.84. The van der Waals surface area contributed by atoms with Gasteiger partial charge in [-0.15, -0.1) is 0 Å². The molecule has 2 rings (SSSR count). The minimum absolute atomic E-state index is 0.110. The molecule has 2 heterocycles. The lowest BCUT2D eigenvalue weighted by Gasteiger charge is -2.40. The molecule has 15 heavy (non-hydrogen) atoms. The molecule has 2 fully saturated rings. The van der Waals surface area contributed by atoms with E-state index < -0.39 is 30.6 Å². The van der Waals surface area contributed by atoms with Crippen LogP contribution in [0.15, 0.2) is 0 Å². The summed E-state index contributed by atoms with van der Waals surface area (Å²) in [7, 11) is 0. The molecule has 2 aliphatic heterocycles. The molecule has 0 aliphatic carbocycles. The highest BCUT2D eigenvalue weighted by Crippen LogP contribution is 2.24. The lowest BCUT2D eigenvalue weighted by atomic mass is 9.97. The van der Waals surface area contributed by atoms with E-state index in [1.54, 1.807) is 0 Å². The van der Waals surface area contributed by atoms with E-state index in [2.05, 4.69) is 0 Å². The zero-order valence-electron chi connectivity index (χ0n) is 8.57. The number of nitrogens with two attached hydrogens (primary N) is 1. The van der Waals surface area contributed by atoms with Crippen LogP contribution in [0.3, 0.4) is 0 Å². The monoisotopic (exact) mass is 219 g/mol. The van der Waals surface area contributed by atoms with Gasteiger partial charge < -0.3 is 30.2 Å². The summed E-state index contributed by atoms with van der Waals surface area (Å²) < 4.78 is 16.1. The van der Waals surface area contributed by atoms with Crippen LogP contribution < -0.4 is 5.73 Å². The number of hydrogen-bond donors (Lipinski definition) is 3. The van der Waals surface area contributed by atoms with E-state index >= 15 is 0 Å². The van der Waals surface area contributed by atoms with Crippen molar-refractivity contribution in [3.8, 4) is 0 Å². The van der Waals surface area contributed by atoms with Gasteiger partial charge in [0.05, 0.1) is 25.4 Å². The minimum Gasteiger partial charge on any atom is -0.388 e. The van der Waals surface area contributed by atoms with Crippen LogP contribution in [0.1, 0.15) is 6.92 Å². The third kappa shape index (κ3) is 2.15. The van der Waals surface area contributed by atoms with Crippen molar-refractivity contribution in [3.05, 3.63) is 0 Å². The highest BCUT2D eigenvalue weighted by atomic mass is 16.7. The van der Waals surface area contributed by atoms with Gasteiger partial charge in [0.1, 0.15) is 18.3 Å². The van der Waals surface area contributed by atoms with Crippen LogP contribution in [0.4, 0.5) is 0 Å². The van der Waals surface area contributed by atoms with Gasteiger partial charge in [-0.1, -0.05) is 0 Å². The van der Waals surface area contributed by atoms with Crippen LogP contribution in [0.25, 0.3) is 0 Å². The van der Waals surface area contributed by atoms with Gasteiger partial charge in [0.2, 0.25) is 0 Å². The molecule has 0 spiro atoms.